The molecule has 0 aliphatic carbocycles. The summed E-state index contributed by atoms with van der Waals surface area (Å²) < 4.78 is 5.39. The van der Waals surface area contributed by atoms with Crippen molar-refractivity contribution in [2.75, 3.05) is 6.54 Å². The molecule has 1 rings (SSSR count). The minimum atomic E-state index is -0.419. The second-order valence-corrected chi connectivity index (χ2v) is 5.34. The van der Waals surface area contributed by atoms with E-state index in [1.54, 1.807) is 0 Å². The van der Waals surface area contributed by atoms with E-state index in [1.807, 2.05) is 25.7 Å². The zero-order valence-corrected chi connectivity index (χ0v) is 10.9. The van der Waals surface area contributed by atoms with Crippen molar-refractivity contribution < 1.29 is 9.53 Å². The quantitative estimate of drug-likeness (QED) is 0.674. The van der Waals surface area contributed by atoms with Gasteiger partial charge in [0.15, 0.2) is 0 Å². The highest BCUT2D eigenvalue weighted by Gasteiger charge is 2.32. The second-order valence-electron chi connectivity index (χ2n) is 5.34. The molecule has 3 nitrogen and oxygen atoms in total. The zero-order chi connectivity index (χ0) is 12.3. The van der Waals surface area contributed by atoms with Crippen molar-refractivity contribution in [2.24, 2.45) is 0 Å². The van der Waals surface area contributed by atoms with Crippen LogP contribution in [-0.4, -0.2) is 29.2 Å². The van der Waals surface area contributed by atoms with Gasteiger partial charge in [-0.3, -0.25) is 0 Å². The second kappa shape index (κ2) is 4.89. The number of ether oxygens (including phenoxy) is 1. The largest absolute Gasteiger partial charge is 0.444 e. The fraction of sp³-hybridized carbons (Fsp3) is 0.769. The Labute approximate surface area is 98.5 Å². The molecule has 1 saturated heterocycles. The van der Waals surface area contributed by atoms with Crippen LogP contribution in [0.15, 0.2) is 12.2 Å². The Kier molecular flexibility index (Phi) is 4.00. The van der Waals surface area contributed by atoms with E-state index in [4.69, 9.17) is 4.74 Å². The van der Waals surface area contributed by atoms with Crippen LogP contribution in [0.4, 0.5) is 4.79 Å². The third-order valence-electron chi connectivity index (χ3n) is 2.81. The molecular weight excluding hydrogens is 202 g/mol. The summed E-state index contributed by atoms with van der Waals surface area (Å²) in [5.41, 5.74) is 0.709. The molecule has 0 aromatic rings. The maximum Gasteiger partial charge on any atom is 0.410 e. The van der Waals surface area contributed by atoms with Gasteiger partial charge in [0.05, 0.1) is 6.04 Å². The molecule has 92 valence electrons. The Morgan fingerprint density at radius 1 is 1.50 bits per heavy atom. The summed E-state index contributed by atoms with van der Waals surface area (Å²) in [6, 6.07) is 0.180. The Bertz CT molecular complexity index is 278. The molecular formula is C13H23NO2. The van der Waals surface area contributed by atoms with E-state index in [2.05, 4.69) is 13.5 Å². The first kappa shape index (κ1) is 13.1. The molecule has 0 N–H and O–H groups in total. The zero-order valence-electron chi connectivity index (χ0n) is 10.9. The Morgan fingerprint density at radius 3 is 2.62 bits per heavy atom. The van der Waals surface area contributed by atoms with Gasteiger partial charge in [0.1, 0.15) is 5.60 Å². The molecule has 0 aromatic heterocycles. The number of rotatable bonds is 2. The highest BCUT2D eigenvalue weighted by molar-refractivity contribution is 5.69. The van der Waals surface area contributed by atoms with E-state index in [0.29, 0.717) is 0 Å². The van der Waals surface area contributed by atoms with Gasteiger partial charge in [-0.15, -0.1) is 0 Å². The van der Waals surface area contributed by atoms with E-state index < -0.39 is 5.60 Å². The number of nitrogens with zero attached hydrogens (tertiary/aromatic N) is 1. The molecule has 1 heterocycles. The van der Waals surface area contributed by atoms with Gasteiger partial charge in [-0.2, -0.15) is 0 Å². The predicted molar refractivity (Wildman–Crippen MR) is 65.4 cm³/mol. The minimum Gasteiger partial charge on any atom is -0.444 e. The Balaban J connectivity index is 2.65. The van der Waals surface area contributed by atoms with E-state index in [-0.39, 0.29) is 12.1 Å². The third-order valence-corrected chi connectivity index (χ3v) is 2.81. The standard InChI is InChI=1S/C13H23NO2/c1-6-10(2)11-8-7-9-14(11)12(15)16-13(3,4)5/h11H,2,6-9H2,1,3-5H3/t11-/m0/s1. The third kappa shape index (κ3) is 3.26. The van der Waals surface area contributed by atoms with Gasteiger partial charge in [0.2, 0.25) is 0 Å². The van der Waals surface area contributed by atoms with Crippen molar-refractivity contribution in [3.63, 3.8) is 0 Å². The molecule has 3 heteroatoms. The van der Waals surface area contributed by atoms with E-state index in [1.165, 1.54) is 0 Å². The number of carbonyl (C=O) groups is 1. The van der Waals surface area contributed by atoms with Crippen LogP contribution in [0.25, 0.3) is 0 Å². The molecule has 0 spiro atoms. The van der Waals surface area contributed by atoms with E-state index in [9.17, 15) is 4.79 Å². The number of carbonyl (C=O) groups excluding carboxylic acids is 1. The molecule has 16 heavy (non-hydrogen) atoms. The summed E-state index contributed by atoms with van der Waals surface area (Å²) >= 11 is 0. The smallest absolute Gasteiger partial charge is 0.410 e. The van der Waals surface area contributed by atoms with Gasteiger partial charge in [0, 0.05) is 6.54 Å². The minimum absolute atomic E-state index is 0.180. The van der Waals surface area contributed by atoms with Crippen LogP contribution in [-0.2, 0) is 4.74 Å². The summed E-state index contributed by atoms with van der Waals surface area (Å²) in [6.45, 7) is 12.6. The summed E-state index contributed by atoms with van der Waals surface area (Å²) in [7, 11) is 0. The SMILES string of the molecule is C=C(CC)[C@@H]1CCCN1C(=O)OC(C)(C)C. The lowest BCUT2D eigenvalue weighted by Crippen LogP contribution is -2.40. The number of hydrogen-bond donors (Lipinski definition) is 0. The summed E-state index contributed by atoms with van der Waals surface area (Å²) in [6.07, 6.45) is 2.78. The van der Waals surface area contributed by atoms with Crippen LogP contribution < -0.4 is 0 Å². The first-order valence-corrected chi connectivity index (χ1v) is 6.02. The number of likely N-dealkylation sites (tertiary alicyclic amines) is 1. The lowest BCUT2D eigenvalue weighted by molar-refractivity contribution is 0.0248. The normalized spacial score (nSPS) is 21.0. The van der Waals surface area contributed by atoms with Gasteiger partial charge in [-0.05, 0) is 40.0 Å². The molecule has 0 radical (unpaired) electrons. The average Bonchev–Trinajstić information content (AvgIpc) is 2.62. The van der Waals surface area contributed by atoms with Crippen LogP contribution in [0.2, 0.25) is 0 Å². The van der Waals surface area contributed by atoms with Crippen molar-refractivity contribution in [1.29, 1.82) is 0 Å². The highest BCUT2D eigenvalue weighted by atomic mass is 16.6. The Hall–Kier alpha value is -0.990. The maximum absolute atomic E-state index is 12.0. The van der Waals surface area contributed by atoms with E-state index >= 15 is 0 Å². The van der Waals surface area contributed by atoms with Gasteiger partial charge < -0.3 is 9.64 Å². The molecule has 1 aliphatic heterocycles. The topological polar surface area (TPSA) is 29.5 Å². The lowest BCUT2D eigenvalue weighted by atomic mass is 10.0. The lowest BCUT2D eigenvalue weighted by Gasteiger charge is -2.29. The van der Waals surface area contributed by atoms with Gasteiger partial charge in [-0.25, -0.2) is 4.79 Å². The van der Waals surface area contributed by atoms with Crippen molar-refractivity contribution in [3.8, 4) is 0 Å². The fourth-order valence-electron chi connectivity index (χ4n) is 1.97. The van der Waals surface area contributed by atoms with Crippen molar-refractivity contribution in [2.45, 2.75) is 58.6 Å². The molecule has 0 unspecified atom stereocenters. The summed E-state index contributed by atoms with van der Waals surface area (Å²) in [4.78, 5) is 13.8. The molecule has 0 bridgehead atoms. The van der Waals surface area contributed by atoms with Gasteiger partial charge in [0.25, 0.3) is 0 Å². The van der Waals surface area contributed by atoms with Gasteiger partial charge in [-0.1, -0.05) is 19.1 Å². The van der Waals surface area contributed by atoms with Crippen molar-refractivity contribution >= 4 is 6.09 Å². The molecule has 1 amide bonds. The monoisotopic (exact) mass is 225 g/mol. The predicted octanol–water partition coefficient (Wildman–Crippen LogP) is 3.35. The number of amides is 1. The van der Waals surface area contributed by atoms with Crippen molar-refractivity contribution in [1.82, 2.24) is 4.90 Å². The molecule has 1 fully saturated rings. The van der Waals surface area contributed by atoms with Crippen molar-refractivity contribution in [3.05, 3.63) is 12.2 Å². The molecule has 1 aliphatic rings. The summed E-state index contributed by atoms with van der Waals surface area (Å²) in [5, 5.41) is 0. The highest BCUT2D eigenvalue weighted by Crippen LogP contribution is 2.26. The molecule has 0 aromatic carbocycles. The number of hydrogen-bond acceptors (Lipinski definition) is 2. The summed E-state index contributed by atoms with van der Waals surface area (Å²) in [5.74, 6) is 0. The maximum atomic E-state index is 12.0. The van der Waals surface area contributed by atoms with Crippen LogP contribution in [0.3, 0.4) is 0 Å². The van der Waals surface area contributed by atoms with Crippen LogP contribution in [0, 0.1) is 0 Å². The fourth-order valence-corrected chi connectivity index (χ4v) is 1.97. The first-order valence-electron chi connectivity index (χ1n) is 6.02. The molecule has 1 atom stereocenters. The van der Waals surface area contributed by atoms with Gasteiger partial charge >= 0.3 is 6.09 Å². The van der Waals surface area contributed by atoms with Crippen LogP contribution in [0.1, 0.15) is 47.0 Å². The average molecular weight is 225 g/mol. The Morgan fingerprint density at radius 2 is 2.12 bits per heavy atom. The molecule has 0 saturated carbocycles. The van der Waals surface area contributed by atoms with Crippen LogP contribution in [0.5, 0.6) is 0 Å². The van der Waals surface area contributed by atoms with E-state index in [0.717, 1.165) is 31.4 Å². The van der Waals surface area contributed by atoms with Crippen LogP contribution >= 0.6 is 0 Å². The first-order chi connectivity index (χ1) is 7.35.